The van der Waals surface area contributed by atoms with E-state index in [1.54, 1.807) is 0 Å². The maximum Gasteiger partial charge on any atom is 0.223 e. The summed E-state index contributed by atoms with van der Waals surface area (Å²) in [5.41, 5.74) is 1.85. The number of likely N-dealkylation sites (tertiary alicyclic amines) is 1. The summed E-state index contributed by atoms with van der Waals surface area (Å²) < 4.78 is 0. The number of hydrogen-bond donors (Lipinski definition) is 0. The maximum absolute atomic E-state index is 12.2. The number of Topliss-reactive ketones (excluding diaryl/α,β-unsaturated/α-hetero) is 1. The fourth-order valence-electron chi connectivity index (χ4n) is 2.77. The van der Waals surface area contributed by atoms with Crippen LogP contribution in [-0.4, -0.2) is 29.7 Å². The minimum absolute atomic E-state index is 0.0616. The third-order valence-corrected chi connectivity index (χ3v) is 4.31. The van der Waals surface area contributed by atoms with E-state index in [2.05, 4.69) is 6.92 Å². The highest BCUT2D eigenvalue weighted by Gasteiger charge is 2.19. The molecule has 21 heavy (non-hydrogen) atoms. The zero-order valence-corrected chi connectivity index (χ0v) is 13.1. The molecule has 0 spiro atoms. The Kier molecular flexibility index (Phi) is 5.54. The normalized spacial score (nSPS) is 19.1. The first-order valence-corrected chi connectivity index (χ1v) is 7.94. The van der Waals surface area contributed by atoms with Crippen LogP contribution in [0.5, 0.6) is 0 Å². The van der Waals surface area contributed by atoms with Gasteiger partial charge < -0.3 is 4.90 Å². The van der Waals surface area contributed by atoms with Crippen LogP contribution >= 0.6 is 0 Å². The molecule has 1 atom stereocenters. The lowest BCUT2D eigenvalue weighted by molar-refractivity contribution is -0.131. The Balaban J connectivity index is 1.83. The number of nitrogens with zero attached hydrogens (tertiary/aromatic N) is 1. The van der Waals surface area contributed by atoms with Gasteiger partial charge in [-0.2, -0.15) is 0 Å². The molecule has 1 aromatic rings. The Morgan fingerprint density at radius 3 is 2.52 bits per heavy atom. The van der Waals surface area contributed by atoms with Crippen molar-refractivity contribution in [3.63, 3.8) is 0 Å². The third-order valence-electron chi connectivity index (χ3n) is 4.31. The van der Waals surface area contributed by atoms with Crippen molar-refractivity contribution in [3.8, 4) is 0 Å². The van der Waals surface area contributed by atoms with Crippen molar-refractivity contribution in [2.24, 2.45) is 5.92 Å². The van der Waals surface area contributed by atoms with Crippen molar-refractivity contribution in [2.45, 2.75) is 46.0 Å². The molecule has 0 bridgehead atoms. The summed E-state index contributed by atoms with van der Waals surface area (Å²) in [6.45, 7) is 5.94. The lowest BCUT2D eigenvalue weighted by atomic mass is 10.0. The SMILES string of the molecule is Cc1ccc(C(=O)CCC(=O)N2CCCC(C)CC2)cc1. The predicted octanol–water partition coefficient (Wildman–Crippen LogP) is 3.61. The van der Waals surface area contributed by atoms with Gasteiger partial charge in [0.1, 0.15) is 0 Å². The summed E-state index contributed by atoms with van der Waals surface area (Å²) in [7, 11) is 0. The summed E-state index contributed by atoms with van der Waals surface area (Å²) in [4.78, 5) is 26.2. The summed E-state index contributed by atoms with van der Waals surface area (Å²) in [6.07, 6.45) is 4.01. The molecule has 1 heterocycles. The second-order valence-electron chi connectivity index (χ2n) is 6.21. The molecule has 1 fully saturated rings. The molecule has 1 aliphatic heterocycles. The largest absolute Gasteiger partial charge is 0.343 e. The number of aryl methyl sites for hydroxylation is 1. The van der Waals surface area contributed by atoms with E-state index in [-0.39, 0.29) is 11.7 Å². The number of ketones is 1. The number of amides is 1. The molecular formula is C18H25NO2. The molecule has 0 saturated carbocycles. The zero-order chi connectivity index (χ0) is 15.2. The quantitative estimate of drug-likeness (QED) is 0.793. The van der Waals surface area contributed by atoms with Crippen LogP contribution < -0.4 is 0 Å². The van der Waals surface area contributed by atoms with Crippen molar-refractivity contribution in [2.75, 3.05) is 13.1 Å². The van der Waals surface area contributed by atoms with Crippen LogP contribution in [0.15, 0.2) is 24.3 Å². The third kappa shape index (κ3) is 4.69. The van der Waals surface area contributed by atoms with Gasteiger partial charge in [0.2, 0.25) is 5.91 Å². The lowest BCUT2D eigenvalue weighted by Gasteiger charge is -2.20. The molecular weight excluding hydrogens is 262 g/mol. The summed E-state index contributed by atoms with van der Waals surface area (Å²) >= 11 is 0. The van der Waals surface area contributed by atoms with Gasteiger partial charge >= 0.3 is 0 Å². The molecule has 3 heteroatoms. The van der Waals surface area contributed by atoms with E-state index in [1.165, 1.54) is 6.42 Å². The van der Waals surface area contributed by atoms with Crippen LogP contribution in [0.25, 0.3) is 0 Å². The molecule has 3 nitrogen and oxygen atoms in total. The first-order chi connectivity index (χ1) is 10.1. The second kappa shape index (κ2) is 7.39. The Labute approximate surface area is 127 Å². The van der Waals surface area contributed by atoms with Gasteiger partial charge in [0.05, 0.1) is 0 Å². The first-order valence-electron chi connectivity index (χ1n) is 7.94. The monoisotopic (exact) mass is 287 g/mol. The lowest BCUT2D eigenvalue weighted by Crippen LogP contribution is -2.32. The van der Waals surface area contributed by atoms with Crippen LogP contribution in [0.2, 0.25) is 0 Å². The standard InChI is InChI=1S/C18H25NO2/c1-14-4-3-12-19(13-11-14)18(21)10-9-17(20)16-7-5-15(2)6-8-16/h5-8,14H,3-4,9-13H2,1-2H3. The van der Waals surface area contributed by atoms with Crippen LogP contribution in [0.3, 0.4) is 0 Å². The zero-order valence-electron chi connectivity index (χ0n) is 13.1. The molecule has 1 aromatic carbocycles. The van der Waals surface area contributed by atoms with Crippen molar-refractivity contribution in [3.05, 3.63) is 35.4 Å². The summed E-state index contributed by atoms with van der Waals surface area (Å²) in [6, 6.07) is 7.56. The van der Waals surface area contributed by atoms with Crippen LogP contribution in [-0.2, 0) is 4.79 Å². The van der Waals surface area contributed by atoms with E-state index in [0.29, 0.717) is 24.3 Å². The number of hydrogen-bond acceptors (Lipinski definition) is 2. The van der Waals surface area contributed by atoms with Gasteiger partial charge in [-0.15, -0.1) is 0 Å². The van der Waals surface area contributed by atoms with Crippen molar-refractivity contribution in [1.29, 1.82) is 0 Å². The van der Waals surface area contributed by atoms with Gasteiger partial charge in [0.15, 0.2) is 5.78 Å². The predicted molar refractivity (Wildman–Crippen MR) is 84.3 cm³/mol. The highest BCUT2D eigenvalue weighted by molar-refractivity contribution is 5.97. The van der Waals surface area contributed by atoms with Crippen LogP contribution in [0.1, 0.15) is 54.9 Å². The molecule has 1 aliphatic rings. The van der Waals surface area contributed by atoms with Crippen molar-refractivity contribution >= 4 is 11.7 Å². The number of carbonyl (C=O) groups is 2. The Morgan fingerprint density at radius 1 is 1.10 bits per heavy atom. The molecule has 0 aliphatic carbocycles. The summed E-state index contributed by atoms with van der Waals surface area (Å²) in [5, 5.41) is 0. The van der Waals surface area contributed by atoms with Crippen molar-refractivity contribution in [1.82, 2.24) is 4.90 Å². The number of carbonyl (C=O) groups excluding carboxylic acids is 2. The van der Waals surface area contributed by atoms with E-state index in [9.17, 15) is 9.59 Å². The highest BCUT2D eigenvalue weighted by atomic mass is 16.2. The fourth-order valence-corrected chi connectivity index (χ4v) is 2.77. The molecule has 114 valence electrons. The van der Waals surface area contributed by atoms with Gasteiger partial charge in [-0.05, 0) is 32.1 Å². The average molecular weight is 287 g/mol. The first kappa shape index (κ1) is 15.7. The van der Waals surface area contributed by atoms with E-state index in [1.807, 2.05) is 36.1 Å². The number of benzene rings is 1. The van der Waals surface area contributed by atoms with E-state index >= 15 is 0 Å². The smallest absolute Gasteiger partial charge is 0.223 e. The van der Waals surface area contributed by atoms with Crippen molar-refractivity contribution < 1.29 is 9.59 Å². The van der Waals surface area contributed by atoms with Gasteiger partial charge in [-0.25, -0.2) is 0 Å². The molecule has 0 N–H and O–H groups in total. The molecule has 2 rings (SSSR count). The number of rotatable bonds is 4. The Hall–Kier alpha value is -1.64. The highest BCUT2D eigenvalue weighted by Crippen LogP contribution is 2.17. The van der Waals surface area contributed by atoms with E-state index in [0.717, 1.165) is 31.5 Å². The van der Waals surface area contributed by atoms with Gasteiger partial charge in [0.25, 0.3) is 0 Å². The van der Waals surface area contributed by atoms with Crippen LogP contribution in [0.4, 0.5) is 0 Å². The Bertz CT molecular complexity index is 492. The van der Waals surface area contributed by atoms with Crippen LogP contribution in [0, 0.1) is 12.8 Å². The topological polar surface area (TPSA) is 37.4 Å². The fraction of sp³-hybridized carbons (Fsp3) is 0.556. The van der Waals surface area contributed by atoms with Gasteiger partial charge in [-0.1, -0.05) is 36.8 Å². The molecule has 1 unspecified atom stereocenters. The second-order valence-corrected chi connectivity index (χ2v) is 6.21. The molecule has 0 radical (unpaired) electrons. The van der Waals surface area contributed by atoms with E-state index in [4.69, 9.17) is 0 Å². The maximum atomic E-state index is 12.2. The summed E-state index contributed by atoms with van der Waals surface area (Å²) in [5.74, 6) is 0.896. The van der Waals surface area contributed by atoms with Gasteiger partial charge in [-0.3, -0.25) is 9.59 Å². The molecule has 1 amide bonds. The molecule has 0 aromatic heterocycles. The minimum atomic E-state index is 0.0616. The Morgan fingerprint density at radius 2 is 1.81 bits per heavy atom. The van der Waals surface area contributed by atoms with Gasteiger partial charge in [0, 0.05) is 31.5 Å². The van der Waals surface area contributed by atoms with E-state index < -0.39 is 0 Å². The minimum Gasteiger partial charge on any atom is -0.343 e. The average Bonchev–Trinajstić information content (AvgIpc) is 2.70. The molecule has 1 saturated heterocycles.